The summed E-state index contributed by atoms with van der Waals surface area (Å²) in [7, 11) is 1.36. The minimum absolute atomic E-state index is 0.0264. The Morgan fingerprint density at radius 2 is 0.936 bits per heavy atom. The zero-order valence-electron chi connectivity index (χ0n) is 31.7. The topological polar surface area (TPSA) is 94.1 Å². The fourth-order valence-electron chi connectivity index (χ4n) is 5.72. The molecule has 8 nitrogen and oxygen atoms in total. The van der Waals surface area contributed by atoms with Crippen molar-refractivity contribution in [2.45, 2.75) is 187 Å². The third kappa shape index (κ3) is 38.2. The second kappa shape index (κ2) is 32.7. The van der Waals surface area contributed by atoms with E-state index in [2.05, 4.69) is 6.92 Å². The molecule has 0 radical (unpaired) electrons. The molecular weight excluding hydrogens is 613 g/mol. The Morgan fingerprint density at radius 1 is 0.574 bits per heavy atom. The van der Waals surface area contributed by atoms with E-state index in [1.54, 1.807) is 0 Å². The van der Waals surface area contributed by atoms with Crippen molar-refractivity contribution in [3.05, 3.63) is 0 Å². The van der Waals surface area contributed by atoms with Gasteiger partial charge in [-0.05, 0) is 6.42 Å². The summed E-state index contributed by atoms with van der Waals surface area (Å²) in [5.74, 6) is -0.505. The summed E-state index contributed by atoms with van der Waals surface area (Å²) < 4.78 is 33.2. The van der Waals surface area contributed by atoms with Crippen LogP contribution in [-0.2, 0) is 27.9 Å². The minimum Gasteiger partial charge on any atom is -0.756 e. The van der Waals surface area contributed by atoms with E-state index >= 15 is 0 Å². The van der Waals surface area contributed by atoms with Crippen molar-refractivity contribution >= 4 is 13.8 Å². The van der Waals surface area contributed by atoms with Gasteiger partial charge in [-0.1, -0.05) is 167 Å². The molecule has 0 rings (SSSR count). The maximum absolute atomic E-state index is 12.0. The molecule has 9 heteroatoms. The number of likely N-dealkylation sites (N-methyl/N-ethyl adjacent to an activating group) is 1. The molecule has 0 saturated carbocycles. The molecule has 0 aromatic carbocycles. The van der Waals surface area contributed by atoms with E-state index in [-0.39, 0.29) is 19.8 Å². The molecule has 0 fully saturated rings. The molecule has 0 spiro atoms. The molecule has 0 saturated heterocycles. The maximum Gasteiger partial charge on any atom is 0.303 e. The fourth-order valence-corrected chi connectivity index (χ4v) is 6.45. The van der Waals surface area contributed by atoms with Crippen LogP contribution in [0.15, 0.2) is 0 Å². The number of nitrogens with zero attached hydrogens (tertiary/aromatic N) is 1. The average molecular weight is 692 g/mol. The van der Waals surface area contributed by atoms with Crippen LogP contribution in [0.2, 0.25) is 0 Å². The number of esters is 1. The van der Waals surface area contributed by atoms with Gasteiger partial charge < -0.3 is 27.9 Å². The molecule has 0 heterocycles. The SMILES string of the molecule is CCCCCCCCCCCCCCCCCCCCCCCCCCCCOCC(COP(=O)([O-])OCC[N+](C)(C)C)OC(C)=O. The molecule has 0 aliphatic carbocycles. The number of ether oxygens (including phenoxy) is 2. The number of hydrogen-bond donors (Lipinski definition) is 0. The molecule has 0 aromatic rings. The second-order valence-electron chi connectivity index (χ2n) is 14.7. The minimum atomic E-state index is -4.47. The number of rotatable bonds is 37. The number of phosphoric acid groups is 1. The molecule has 282 valence electrons. The number of carbonyl (C=O) groups is 1. The quantitative estimate of drug-likeness (QED) is 0.0277. The predicted octanol–water partition coefficient (Wildman–Crippen LogP) is 10.3. The van der Waals surface area contributed by atoms with E-state index < -0.39 is 19.9 Å². The van der Waals surface area contributed by atoms with Gasteiger partial charge in [-0.2, -0.15) is 0 Å². The molecule has 2 atom stereocenters. The van der Waals surface area contributed by atoms with Gasteiger partial charge in [-0.15, -0.1) is 0 Å². The fraction of sp³-hybridized carbons (Fsp3) is 0.974. The van der Waals surface area contributed by atoms with Crippen molar-refractivity contribution in [1.29, 1.82) is 0 Å². The average Bonchev–Trinajstić information content (AvgIpc) is 3.00. The largest absolute Gasteiger partial charge is 0.756 e. The van der Waals surface area contributed by atoms with Gasteiger partial charge in [0.2, 0.25) is 0 Å². The Hall–Kier alpha value is -0.500. The highest BCUT2D eigenvalue weighted by Gasteiger charge is 2.19. The first-order valence-electron chi connectivity index (χ1n) is 19.7. The van der Waals surface area contributed by atoms with E-state index in [0.717, 1.165) is 12.8 Å². The van der Waals surface area contributed by atoms with Crippen molar-refractivity contribution in [1.82, 2.24) is 0 Å². The van der Waals surface area contributed by atoms with Crippen LogP contribution in [-0.4, -0.2) is 70.7 Å². The van der Waals surface area contributed by atoms with Crippen molar-refractivity contribution in [2.24, 2.45) is 0 Å². The lowest BCUT2D eigenvalue weighted by Crippen LogP contribution is -2.37. The summed E-state index contributed by atoms with van der Waals surface area (Å²) >= 11 is 0. The van der Waals surface area contributed by atoms with E-state index in [1.165, 1.54) is 161 Å². The Morgan fingerprint density at radius 3 is 1.28 bits per heavy atom. The molecule has 0 N–H and O–H groups in total. The smallest absolute Gasteiger partial charge is 0.303 e. The zero-order chi connectivity index (χ0) is 34.9. The Labute approximate surface area is 291 Å². The van der Waals surface area contributed by atoms with Gasteiger partial charge >= 0.3 is 5.97 Å². The van der Waals surface area contributed by atoms with Gasteiger partial charge in [-0.25, -0.2) is 0 Å². The number of phosphoric ester groups is 1. The highest BCUT2D eigenvalue weighted by molar-refractivity contribution is 7.45. The van der Waals surface area contributed by atoms with E-state index in [0.29, 0.717) is 17.6 Å². The van der Waals surface area contributed by atoms with Gasteiger partial charge in [0.05, 0.1) is 34.4 Å². The lowest BCUT2D eigenvalue weighted by molar-refractivity contribution is -0.870. The number of unbranched alkanes of at least 4 members (excludes halogenated alkanes) is 25. The maximum atomic E-state index is 12.0. The van der Waals surface area contributed by atoms with Crippen molar-refractivity contribution in [3.8, 4) is 0 Å². The van der Waals surface area contributed by atoms with Crippen LogP contribution in [0.3, 0.4) is 0 Å². The molecule has 47 heavy (non-hydrogen) atoms. The molecular formula is C38H78NO7P. The monoisotopic (exact) mass is 692 g/mol. The molecule has 0 aliphatic rings. The normalized spacial score (nSPS) is 13.9. The molecule has 2 unspecified atom stereocenters. The first-order valence-corrected chi connectivity index (χ1v) is 21.2. The highest BCUT2D eigenvalue weighted by atomic mass is 31.2. The predicted molar refractivity (Wildman–Crippen MR) is 194 cm³/mol. The van der Waals surface area contributed by atoms with Gasteiger partial charge in [0.15, 0.2) is 0 Å². The summed E-state index contributed by atoms with van der Waals surface area (Å²) in [5.41, 5.74) is 0. The van der Waals surface area contributed by atoms with Crippen LogP contribution in [0.25, 0.3) is 0 Å². The third-order valence-corrected chi connectivity index (χ3v) is 9.67. The number of quaternary nitrogens is 1. The van der Waals surface area contributed by atoms with Crippen LogP contribution < -0.4 is 4.89 Å². The zero-order valence-corrected chi connectivity index (χ0v) is 32.6. The Kier molecular flexibility index (Phi) is 32.3. The van der Waals surface area contributed by atoms with Gasteiger partial charge in [0, 0.05) is 13.5 Å². The lowest BCUT2D eigenvalue weighted by atomic mass is 10.0. The summed E-state index contributed by atoms with van der Waals surface area (Å²) in [4.78, 5) is 23.4. The number of carbonyl (C=O) groups excluding carboxylic acids is 1. The first kappa shape index (κ1) is 46.5. The molecule has 0 aromatic heterocycles. The Balaban J connectivity index is 3.48. The van der Waals surface area contributed by atoms with Crippen LogP contribution in [0.5, 0.6) is 0 Å². The van der Waals surface area contributed by atoms with Crippen LogP contribution >= 0.6 is 7.82 Å². The molecule has 0 bridgehead atoms. The van der Waals surface area contributed by atoms with Crippen molar-refractivity contribution < 1.29 is 37.3 Å². The molecule has 0 aliphatic heterocycles. The van der Waals surface area contributed by atoms with Gasteiger partial charge in [0.25, 0.3) is 7.82 Å². The number of hydrogen-bond acceptors (Lipinski definition) is 7. The standard InChI is InChI=1S/C38H78NO7P/c1-6-7-8-9-10-11-12-13-14-15-16-17-18-19-20-21-22-23-24-25-26-27-28-29-30-31-33-43-35-38(46-37(2)40)36-45-47(41,42)44-34-32-39(3,4)5/h38H,6-36H2,1-5H3. The first-order chi connectivity index (χ1) is 22.6. The van der Waals surface area contributed by atoms with E-state index in [1.807, 2.05) is 21.1 Å². The van der Waals surface area contributed by atoms with E-state index in [4.69, 9.17) is 18.5 Å². The highest BCUT2D eigenvalue weighted by Crippen LogP contribution is 2.38. The van der Waals surface area contributed by atoms with Gasteiger partial charge in [0.1, 0.15) is 19.3 Å². The Bertz CT molecular complexity index is 731. The molecule has 0 amide bonds. The lowest BCUT2D eigenvalue weighted by Gasteiger charge is -2.28. The van der Waals surface area contributed by atoms with Gasteiger partial charge in [-0.3, -0.25) is 9.36 Å². The second-order valence-corrected chi connectivity index (χ2v) is 16.1. The third-order valence-electron chi connectivity index (χ3n) is 8.71. The van der Waals surface area contributed by atoms with E-state index in [9.17, 15) is 14.3 Å². The summed E-state index contributed by atoms with van der Waals surface area (Å²) in [6.07, 6.45) is 34.9. The van der Waals surface area contributed by atoms with Crippen molar-refractivity contribution in [3.63, 3.8) is 0 Å². The summed E-state index contributed by atoms with van der Waals surface area (Å²) in [5, 5.41) is 0. The van der Waals surface area contributed by atoms with Crippen molar-refractivity contribution in [2.75, 3.05) is 54.1 Å². The van der Waals surface area contributed by atoms with Crippen LogP contribution in [0.4, 0.5) is 0 Å². The van der Waals surface area contributed by atoms with Crippen LogP contribution in [0.1, 0.15) is 181 Å². The summed E-state index contributed by atoms with van der Waals surface area (Å²) in [6.45, 7) is 4.45. The van der Waals surface area contributed by atoms with Crippen LogP contribution in [0, 0.1) is 0 Å². The summed E-state index contributed by atoms with van der Waals surface area (Å²) in [6, 6.07) is 0.